The molecule has 3 aromatic rings. The highest BCUT2D eigenvalue weighted by molar-refractivity contribution is 6.31. The maximum atomic E-state index is 13.5. The number of alkyl halides is 3. The first kappa shape index (κ1) is 22.2. The van der Waals surface area contributed by atoms with Crippen LogP contribution in [-0.2, 0) is 14.4 Å². The van der Waals surface area contributed by atoms with Gasteiger partial charge in [0.05, 0.1) is 17.4 Å². The Labute approximate surface area is 197 Å². The Morgan fingerprint density at radius 2 is 1.47 bits per heavy atom. The van der Waals surface area contributed by atoms with Gasteiger partial charge in [-0.15, -0.1) is 13.2 Å². The number of carbonyl (C=O) groups excluding carboxylic acids is 2. The molecule has 2 aliphatic heterocycles. The molecule has 2 fully saturated rings. The van der Waals surface area contributed by atoms with E-state index >= 15 is 0 Å². The van der Waals surface area contributed by atoms with Crippen molar-refractivity contribution in [1.29, 1.82) is 0 Å². The molecule has 174 valence electrons. The van der Waals surface area contributed by atoms with Gasteiger partial charge in [0.25, 0.3) is 5.91 Å². The third-order valence-electron chi connectivity index (χ3n) is 5.67. The third-order valence-corrected chi connectivity index (χ3v) is 5.92. The number of hydroxylamine groups is 1. The van der Waals surface area contributed by atoms with E-state index in [0.717, 1.165) is 17.0 Å². The zero-order chi connectivity index (χ0) is 24.0. The molecule has 0 N–H and O–H groups in total. The molecule has 34 heavy (non-hydrogen) atoms. The first-order valence-electron chi connectivity index (χ1n) is 10.2. The van der Waals surface area contributed by atoms with Gasteiger partial charge in [0.2, 0.25) is 5.91 Å². The minimum Gasteiger partial charge on any atom is -0.406 e. The number of imide groups is 1. The van der Waals surface area contributed by atoms with E-state index in [1.807, 2.05) is 0 Å². The van der Waals surface area contributed by atoms with E-state index in [1.54, 1.807) is 54.6 Å². The number of halogens is 4. The minimum atomic E-state index is -4.83. The number of hydrogen-bond donors (Lipinski definition) is 0. The van der Waals surface area contributed by atoms with Crippen molar-refractivity contribution in [2.75, 3.05) is 9.96 Å². The summed E-state index contributed by atoms with van der Waals surface area (Å²) in [5.41, 5.74) is 1.44. The van der Waals surface area contributed by atoms with E-state index in [1.165, 1.54) is 17.2 Å². The number of rotatable bonds is 4. The van der Waals surface area contributed by atoms with Crippen molar-refractivity contribution < 1.29 is 32.3 Å². The Hall–Kier alpha value is -3.56. The summed E-state index contributed by atoms with van der Waals surface area (Å²) in [6.07, 6.45) is -5.93. The van der Waals surface area contributed by atoms with Crippen LogP contribution in [-0.4, -0.2) is 24.3 Å². The summed E-state index contributed by atoms with van der Waals surface area (Å²) < 4.78 is 41.7. The van der Waals surface area contributed by atoms with Crippen LogP contribution < -0.4 is 14.7 Å². The van der Waals surface area contributed by atoms with Crippen molar-refractivity contribution in [2.24, 2.45) is 5.92 Å². The molecular formula is C24H16ClF3N2O4. The molecule has 0 unspecified atom stereocenters. The van der Waals surface area contributed by atoms with Crippen LogP contribution in [0.15, 0.2) is 78.9 Å². The summed E-state index contributed by atoms with van der Waals surface area (Å²) in [5.74, 6) is -2.32. The molecule has 2 heterocycles. The molecule has 2 aliphatic rings. The van der Waals surface area contributed by atoms with Gasteiger partial charge in [-0.3, -0.25) is 14.4 Å². The Balaban J connectivity index is 1.53. The molecule has 5 rings (SSSR count). The lowest BCUT2D eigenvalue weighted by atomic mass is 9.90. The monoisotopic (exact) mass is 488 g/mol. The second-order valence-electron chi connectivity index (χ2n) is 7.76. The van der Waals surface area contributed by atoms with Crippen molar-refractivity contribution in [1.82, 2.24) is 0 Å². The maximum Gasteiger partial charge on any atom is 0.573 e. The standard InChI is InChI=1S/C24H16ClF3N2O4/c25-15-8-10-16(11-9-15)29-22(31)19-20(14-6-12-18(13-7-14)33-24(26,27)28)30(34-21(19)23(29)32)17-4-2-1-3-5-17/h1-13,19-21H/t19-,20+,21-/m0/s1. The number of fused-ring (bicyclic) bond motifs is 1. The van der Waals surface area contributed by atoms with Gasteiger partial charge in [-0.2, -0.15) is 0 Å². The van der Waals surface area contributed by atoms with Crippen LogP contribution in [0.25, 0.3) is 0 Å². The second-order valence-corrected chi connectivity index (χ2v) is 8.20. The van der Waals surface area contributed by atoms with Crippen molar-refractivity contribution in [2.45, 2.75) is 18.5 Å². The van der Waals surface area contributed by atoms with Crippen molar-refractivity contribution >= 4 is 34.8 Å². The lowest BCUT2D eigenvalue weighted by Gasteiger charge is -2.28. The molecule has 0 saturated carbocycles. The second kappa shape index (κ2) is 8.34. The highest BCUT2D eigenvalue weighted by Gasteiger charge is 2.60. The van der Waals surface area contributed by atoms with Gasteiger partial charge in [-0.25, -0.2) is 9.96 Å². The third kappa shape index (κ3) is 3.97. The Morgan fingerprint density at radius 3 is 2.09 bits per heavy atom. The van der Waals surface area contributed by atoms with Crippen LogP contribution in [0.2, 0.25) is 5.02 Å². The highest BCUT2D eigenvalue weighted by atomic mass is 35.5. The number of anilines is 2. The van der Waals surface area contributed by atoms with E-state index < -0.39 is 42.0 Å². The Kier molecular flexibility index (Phi) is 5.45. The summed E-state index contributed by atoms with van der Waals surface area (Å²) in [6.45, 7) is 0. The average molecular weight is 489 g/mol. The molecule has 2 amide bonds. The molecule has 0 bridgehead atoms. The highest BCUT2D eigenvalue weighted by Crippen LogP contribution is 2.47. The minimum absolute atomic E-state index is 0.358. The molecular weight excluding hydrogens is 473 g/mol. The molecule has 6 nitrogen and oxygen atoms in total. The first-order valence-corrected chi connectivity index (χ1v) is 10.6. The quantitative estimate of drug-likeness (QED) is 0.467. The number of carbonyl (C=O) groups is 2. The van der Waals surface area contributed by atoms with Gasteiger partial charge >= 0.3 is 6.36 Å². The normalized spacial score (nSPS) is 22.3. The lowest BCUT2D eigenvalue weighted by Crippen LogP contribution is -2.37. The molecule has 10 heteroatoms. The lowest BCUT2D eigenvalue weighted by molar-refractivity contribution is -0.274. The van der Waals surface area contributed by atoms with Gasteiger partial charge in [0.1, 0.15) is 11.7 Å². The predicted octanol–water partition coefficient (Wildman–Crippen LogP) is 5.29. The fraction of sp³-hybridized carbons (Fsp3) is 0.167. The molecule has 3 atom stereocenters. The number of nitrogens with zero attached hydrogens (tertiary/aromatic N) is 2. The van der Waals surface area contributed by atoms with Gasteiger partial charge in [0, 0.05) is 5.02 Å². The topological polar surface area (TPSA) is 59.1 Å². The Bertz CT molecular complexity index is 1220. The van der Waals surface area contributed by atoms with E-state index in [0.29, 0.717) is 22.0 Å². The fourth-order valence-corrected chi connectivity index (χ4v) is 4.39. The zero-order valence-electron chi connectivity index (χ0n) is 17.3. The van der Waals surface area contributed by atoms with Crippen molar-refractivity contribution in [3.05, 3.63) is 89.4 Å². The summed E-state index contributed by atoms with van der Waals surface area (Å²) in [5, 5.41) is 1.91. The van der Waals surface area contributed by atoms with Crippen molar-refractivity contribution in [3.63, 3.8) is 0 Å². The van der Waals surface area contributed by atoms with E-state index in [9.17, 15) is 22.8 Å². The maximum absolute atomic E-state index is 13.5. The number of amides is 2. The van der Waals surface area contributed by atoms with Crippen LogP contribution in [0.1, 0.15) is 11.6 Å². The predicted molar refractivity (Wildman–Crippen MR) is 117 cm³/mol. The molecule has 0 aromatic heterocycles. The molecule has 2 saturated heterocycles. The van der Waals surface area contributed by atoms with Crippen LogP contribution in [0.5, 0.6) is 5.75 Å². The van der Waals surface area contributed by atoms with Crippen molar-refractivity contribution in [3.8, 4) is 5.75 Å². The summed E-state index contributed by atoms with van der Waals surface area (Å²) in [7, 11) is 0. The van der Waals surface area contributed by atoms with Gasteiger partial charge in [-0.1, -0.05) is 41.9 Å². The van der Waals surface area contributed by atoms with Crippen LogP contribution in [0, 0.1) is 5.92 Å². The number of hydrogen-bond acceptors (Lipinski definition) is 5. The number of para-hydroxylation sites is 1. The van der Waals surface area contributed by atoms with Gasteiger partial charge in [0.15, 0.2) is 6.10 Å². The molecule has 0 spiro atoms. The van der Waals surface area contributed by atoms with Gasteiger partial charge < -0.3 is 4.74 Å². The Morgan fingerprint density at radius 1 is 0.824 bits per heavy atom. The average Bonchev–Trinajstić information content (AvgIpc) is 3.31. The van der Waals surface area contributed by atoms with E-state index in [-0.39, 0.29) is 0 Å². The summed E-state index contributed by atoms with van der Waals surface area (Å²) in [4.78, 5) is 33.8. The number of ether oxygens (including phenoxy) is 1. The van der Waals surface area contributed by atoms with Crippen LogP contribution in [0.4, 0.5) is 24.5 Å². The summed E-state index contributed by atoms with van der Waals surface area (Å²) in [6, 6.07) is 19.5. The van der Waals surface area contributed by atoms with E-state index in [4.69, 9.17) is 16.4 Å². The zero-order valence-corrected chi connectivity index (χ0v) is 18.0. The summed E-state index contributed by atoms with van der Waals surface area (Å²) >= 11 is 5.93. The largest absolute Gasteiger partial charge is 0.573 e. The molecule has 0 aliphatic carbocycles. The molecule has 3 aromatic carbocycles. The smallest absolute Gasteiger partial charge is 0.406 e. The first-order chi connectivity index (χ1) is 16.2. The van der Waals surface area contributed by atoms with Crippen LogP contribution in [0.3, 0.4) is 0 Å². The molecule has 0 radical (unpaired) electrons. The van der Waals surface area contributed by atoms with E-state index in [2.05, 4.69) is 4.74 Å². The SMILES string of the molecule is O=C1[C@@H]2[C@H](ON(c3ccccc3)[C@@H]2c2ccc(OC(F)(F)F)cc2)C(=O)N1c1ccc(Cl)cc1. The van der Waals surface area contributed by atoms with Gasteiger partial charge in [-0.05, 0) is 54.1 Å². The number of benzene rings is 3. The fourth-order valence-electron chi connectivity index (χ4n) is 4.26. The van der Waals surface area contributed by atoms with Crippen LogP contribution >= 0.6 is 11.6 Å².